The van der Waals surface area contributed by atoms with E-state index in [1.807, 2.05) is 55.5 Å². The Balaban J connectivity index is 1.62. The van der Waals surface area contributed by atoms with Crippen molar-refractivity contribution < 1.29 is 9.53 Å². The average molecular weight is 396 g/mol. The number of fused-ring (bicyclic) bond motifs is 1. The van der Waals surface area contributed by atoms with Crippen molar-refractivity contribution in [3.8, 4) is 5.75 Å². The van der Waals surface area contributed by atoms with Crippen molar-refractivity contribution in [2.75, 3.05) is 23.9 Å². The van der Waals surface area contributed by atoms with Crippen molar-refractivity contribution in [2.45, 2.75) is 19.4 Å². The molecule has 2 N–H and O–H groups in total. The molecule has 0 unspecified atom stereocenters. The Kier molecular flexibility index (Phi) is 7.14. The monoisotopic (exact) mass is 395 g/mol. The summed E-state index contributed by atoms with van der Waals surface area (Å²) in [6.07, 6.45) is 6.40. The Bertz CT molecular complexity index is 910. The molecule has 0 saturated carbocycles. The fraction of sp³-hybridized carbons (Fsp3) is 0.273. The normalized spacial score (nSPS) is 11.8. The van der Waals surface area contributed by atoms with Gasteiger partial charge in [-0.25, -0.2) is 4.79 Å². The number of pyridine rings is 1. The van der Waals surface area contributed by atoms with E-state index in [1.54, 1.807) is 24.2 Å². The van der Waals surface area contributed by atoms with Crippen LogP contribution in [0.3, 0.4) is 0 Å². The van der Waals surface area contributed by atoms with E-state index in [-0.39, 0.29) is 12.1 Å². The number of carbonyl (C=O) groups excluding carboxylic acids is 1. The molecule has 0 aliphatic heterocycles. The second-order valence-electron chi connectivity index (χ2n) is 6.60. The number of ether oxygens (including phenoxy) is 1. The van der Waals surface area contributed by atoms with Gasteiger partial charge in [0.15, 0.2) is 0 Å². The van der Waals surface area contributed by atoms with E-state index in [2.05, 4.69) is 21.9 Å². The number of thioether (sulfide) groups is 1. The SMILES string of the molecule is CSCC[C@@H](COc1ccc(C)cc1)NC(=O)Nc1cccc2cnccc12. The van der Waals surface area contributed by atoms with Gasteiger partial charge in [0, 0.05) is 23.2 Å². The third kappa shape index (κ3) is 5.63. The molecular weight excluding hydrogens is 370 g/mol. The van der Waals surface area contributed by atoms with Crippen LogP contribution < -0.4 is 15.4 Å². The molecule has 6 heteroatoms. The lowest BCUT2D eigenvalue weighted by atomic mass is 10.1. The Hall–Kier alpha value is -2.73. The first-order valence-electron chi connectivity index (χ1n) is 9.24. The quantitative estimate of drug-likeness (QED) is 0.571. The van der Waals surface area contributed by atoms with Crippen LogP contribution in [0.1, 0.15) is 12.0 Å². The van der Waals surface area contributed by atoms with Crippen LogP contribution in [0.4, 0.5) is 10.5 Å². The van der Waals surface area contributed by atoms with E-state index in [0.29, 0.717) is 6.61 Å². The maximum Gasteiger partial charge on any atom is 0.319 e. The fourth-order valence-electron chi connectivity index (χ4n) is 2.86. The Morgan fingerprint density at radius 2 is 2.00 bits per heavy atom. The van der Waals surface area contributed by atoms with Gasteiger partial charge in [-0.15, -0.1) is 0 Å². The smallest absolute Gasteiger partial charge is 0.319 e. The summed E-state index contributed by atoms with van der Waals surface area (Å²) in [5, 5.41) is 7.95. The van der Waals surface area contributed by atoms with Crippen LogP contribution in [0.5, 0.6) is 5.75 Å². The number of amides is 2. The highest BCUT2D eigenvalue weighted by atomic mass is 32.2. The molecule has 0 saturated heterocycles. The predicted octanol–water partition coefficient (Wildman–Crippen LogP) is 4.87. The summed E-state index contributed by atoms with van der Waals surface area (Å²) in [7, 11) is 0. The molecule has 0 fully saturated rings. The highest BCUT2D eigenvalue weighted by molar-refractivity contribution is 7.98. The molecule has 1 atom stereocenters. The zero-order chi connectivity index (χ0) is 19.8. The van der Waals surface area contributed by atoms with Crippen LogP contribution in [-0.2, 0) is 0 Å². The molecule has 2 aromatic carbocycles. The second kappa shape index (κ2) is 9.99. The molecule has 0 bridgehead atoms. The predicted molar refractivity (Wildman–Crippen MR) is 117 cm³/mol. The van der Waals surface area contributed by atoms with Gasteiger partial charge in [-0.05, 0) is 49.6 Å². The van der Waals surface area contributed by atoms with Gasteiger partial charge < -0.3 is 15.4 Å². The Morgan fingerprint density at radius 3 is 2.79 bits per heavy atom. The van der Waals surface area contributed by atoms with Crippen molar-refractivity contribution in [1.82, 2.24) is 10.3 Å². The highest BCUT2D eigenvalue weighted by Crippen LogP contribution is 2.22. The molecule has 28 heavy (non-hydrogen) atoms. The number of urea groups is 1. The highest BCUT2D eigenvalue weighted by Gasteiger charge is 2.14. The molecule has 1 aromatic heterocycles. The lowest BCUT2D eigenvalue weighted by molar-refractivity contribution is 0.232. The number of aromatic nitrogens is 1. The van der Waals surface area contributed by atoms with Crippen LogP contribution in [0.15, 0.2) is 60.9 Å². The molecule has 1 heterocycles. The first kappa shape index (κ1) is 20.0. The number of hydrogen-bond donors (Lipinski definition) is 2. The molecule has 0 radical (unpaired) electrons. The van der Waals surface area contributed by atoms with Gasteiger partial charge in [0.05, 0.1) is 11.7 Å². The number of aryl methyl sites for hydroxylation is 1. The summed E-state index contributed by atoms with van der Waals surface area (Å²) < 4.78 is 5.88. The van der Waals surface area contributed by atoms with Crippen LogP contribution in [-0.4, -0.2) is 35.7 Å². The summed E-state index contributed by atoms with van der Waals surface area (Å²) in [5.41, 5.74) is 1.95. The second-order valence-corrected chi connectivity index (χ2v) is 7.59. The van der Waals surface area contributed by atoms with Gasteiger partial charge in [-0.1, -0.05) is 29.8 Å². The van der Waals surface area contributed by atoms with Gasteiger partial charge in [0.1, 0.15) is 12.4 Å². The molecule has 2 amide bonds. The minimum atomic E-state index is -0.233. The van der Waals surface area contributed by atoms with Crippen molar-refractivity contribution in [3.63, 3.8) is 0 Å². The first-order valence-corrected chi connectivity index (χ1v) is 10.6. The minimum Gasteiger partial charge on any atom is -0.491 e. The van der Waals surface area contributed by atoms with Gasteiger partial charge in [-0.2, -0.15) is 11.8 Å². The van der Waals surface area contributed by atoms with E-state index in [9.17, 15) is 4.79 Å². The van der Waals surface area contributed by atoms with Crippen molar-refractivity contribution >= 4 is 34.3 Å². The lowest BCUT2D eigenvalue weighted by Crippen LogP contribution is -2.42. The number of nitrogens with zero attached hydrogens (tertiary/aromatic N) is 1. The Labute approximate surface area is 169 Å². The average Bonchev–Trinajstić information content (AvgIpc) is 2.71. The van der Waals surface area contributed by atoms with E-state index >= 15 is 0 Å². The van der Waals surface area contributed by atoms with Gasteiger partial charge >= 0.3 is 6.03 Å². The van der Waals surface area contributed by atoms with E-state index in [1.165, 1.54) is 5.56 Å². The summed E-state index contributed by atoms with van der Waals surface area (Å²) in [6, 6.07) is 15.3. The van der Waals surface area contributed by atoms with Crippen molar-refractivity contribution in [3.05, 3.63) is 66.5 Å². The van der Waals surface area contributed by atoms with Crippen molar-refractivity contribution in [2.24, 2.45) is 0 Å². The van der Waals surface area contributed by atoms with Gasteiger partial charge in [0.25, 0.3) is 0 Å². The standard InChI is InChI=1S/C22H25N3O2S/c1-16-6-8-19(9-7-16)27-15-18(11-13-28-2)24-22(26)25-21-5-3-4-17-14-23-12-10-20(17)21/h3-10,12,14,18H,11,13,15H2,1-2H3,(H2,24,25,26)/t18-/m0/s1. The summed E-state index contributed by atoms with van der Waals surface area (Å²) in [6.45, 7) is 2.47. The Morgan fingerprint density at radius 1 is 1.18 bits per heavy atom. The van der Waals surface area contributed by atoms with Gasteiger partial charge in [-0.3, -0.25) is 4.98 Å². The number of hydrogen-bond acceptors (Lipinski definition) is 4. The molecule has 0 aliphatic carbocycles. The van der Waals surface area contributed by atoms with Crippen LogP contribution >= 0.6 is 11.8 Å². The number of rotatable bonds is 8. The summed E-state index contributed by atoms with van der Waals surface area (Å²) >= 11 is 1.75. The number of nitrogens with one attached hydrogen (secondary N) is 2. The molecule has 3 rings (SSSR count). The maximum atomic E-state index is 12.6. The summed E-state index contributed by atoms with van der Waals surface area (Å²) in [5.74, 6) is 1.76. The molecule has 3 aromatic rings. The molecule has 146 valence electrons. The minimum absolute atomic E-state index is 0.0783. The third-order valence-corrected chi connectivity index (χ3v) is 5.05. The number of benzene rings is 2. The van der Waals surface area contributed by atoms with Crippen LogP contribution in [0, 0.1) is 6.92 Å². The fourth-order valence-corrected chi connectivity index (χ4v) is 3.38. The topological polar surface area (TPSA) is 63.2 Å². The number of anilines is 1. The zero-order valence-corrected chi connectivity index (χ0v) is 17.0. The van der Waals surface area contributed by atoms with E-state index in [0.717, 1.165) is 34.4 Å². The third-order valence-electron chi connectivity index (χ3n) is 4.41. The van der Waals surface area contributed by atoms with E-state index in [4.69, 9.17) is 4.74 Å². The molecule has 0 aliphatic rings. The first-order chi connectivity index (χ1) is 13.7. The van der Waals surface area contributed by atoms with Crippen LogP contribution in [0.25, 0.3) is 10.8 Å². The maximum absolute atomic E-state index is 12.6. The van der Waals surface area contributed by atoms with Crippen molar-refractivity contribution in [1.29, 1.82) is 0 Å². The number of carbonyl (C=O) groups is 1. The molecule has 0 spiro atoms. The lowest BCUT2D eigenvalue weighted by Gasteiger charge is -2.20. The largest absolute Gasteiger partial charge is 0.491 e. The zero-order valence-electron chi connectivity index (χ0n) is 16.1. The van der Waals surface area contributed by atoms with Crippen LogP contribution in [0.2, 0.25) is 0 Å². The summed E-state index contributed by atoms with van der Waals surface area (Å²) in [4.78, 5) is 16.7. The van der Waals surface area contributed by atoms with Gasteiger partial charge in [0.2, 0.25) is 0 Å². The molecule has 5 nitrogen and oxygen atoms in total. The molecular formula is C22H25N3O2S. The van der Waals surface area contributed by atoms with E-state index < -0.39 is 0 Å².